The smallest absolute Gasteiger partial charge is 0.335 e. The van der Waals surface area contributed by atoms with E-state index in [1.807, 2.05) is 30.3 Å². The molecule has 1 aromatic heterocycles. The molecule has 2 aromatic carbocycles. The lowest BCUT2D eigenvalue weighted by atomic mass is 10.2. The summed E-state index contributed by atoms with van der Waals surface area (Å²) in [6, 6.07) is 14.0. The molecule has 21 heavy (non-hydrogen) atoms. The largest absolute Gasteiger partial charge is 0.478 e. The molecule has 0 atom stereocenters. The molecular weight excluding hydrogens is 334 g/mol. The summed E-state index contributed by atoms with van der Waals surface area (Å²) in [4.78, 5) is 15.2. The average molecular weight is 344 g/mol. The Morgan fingerprint density at radius 2 is 1.95 bits per heavy atom. The summed E-state index contributed by atoms with van der Waals surface area (Å²) in [5.41, 5.74) is 1.04. The SMILES string of the molecule is O=C(O)c1ccc(Oc2cccc3ncccc23)c(Br)c1. The number of fused-ring (bicyclic) bond motifs is 1. The molecule has 0 fully saturated rings. The molecule has 1 N–H and O–H groups in total. The van der Waals surface area contributed by atoms with Gasteiger partial charge in [-0.3, -0.25) is 4.98 Å². The number of carboxylic acids is 1. The standard InChI is InChI=1S/C16H10BrNO3/c17-12-9-10(16(19)20)6-7-15(12)21-14-5-1-4-13-11(14)3-2-8-18-13/h1-9H,(H,19,20). The van der Waals surface area contributed by atoms with Crippen LogP contribution in [0.1, 0.15) is 10.4 Å². The third-order valence-electron chi connectivity index (χ3n) is 3.00. The summed E-state index contributed by atoms with van der Waals surface area (Å²) in [6.45, 7) is 0. The van der Waals surface area contributed by atoms with Crippen LogP contribution in [0, 0.1) is 0 Å². The number of benzene rings is 2. The Balaban J connectivity index is 2.01. The highest BCUT2D eigenvalue weighted by Crippen LogP contribution is 2.33. The number of nitrogens with zero attached hydrogens (tertiary/aromatic N) is 1. The zero-order valence-corrected chi connectivity index (χ0v) is 12.4. The number of aromatic carboxylic acids is 1. The van der Waals surface area contributed by atoms with E-state index < -0.39 is 5.97 Å². The molecule has 3 aromatic rings. The Labute approximate surface area is 129 Å². The second-order valence-electron chi connectivity index (χ2n) is 4.38. The van der Waals surface area contributed by atoms with E-state index in [0.29, 0.717) is 16.0 Å². The molecule has 5 heteroatoms. The maximum Gasteiger partial charge on any atom is 0.335 e. The van der Waals surface area contributed by atoms with Crippen molar-refractivity contribution in [2.75, 3.05) is 0 Å². The minimum absolute atomic E-state index is 0.203. The van der Waals surface area contributed by atoms with E-state index in [0.717, 1.165) is 10.9 Å². The molecule has 0 unspecified atom stereocenters. The lowest BCUT2D eigenvalue weighted by Crippen LogP contribution is -1.96. The van der Waals surface area contributed by atoms with Crippen molar-refractivity contribution in [3.8, 4) is 11.5 Å². The maximum absolute atomic E-state index is 10.9. The van der Waals surface area contributed by atoms with E-state index in [4.69, 9.17) is 9.84 Å². The van der Waals surface area contributed by atoms with Crippen molar-refractivity contribution in [3.05, 3.63) is 64.8 Å². The monoisotopic (exact) mass is 343 g/mol. The predicted octanol–water partition coefficient (Wildman–Crippen LogP) is 4.49. The summed E-state index contributed by atoms with van der Waals surface area (Å²) in [5.74, 6) is 0.248. The minimum Gasteiger partial charge on any atom is -0.478 e. The first-order valence-corrected chi connectivity index (χ1v) is 6.99. The van der Waals surface area contributed by atoms with Gasteiger partial charge in [-0.05, 0) is 58.4 Å². The zero-order valence-electron chi connectivity index (χ0n) is 10.8. The van der Waals surface area contributed by atoms with Crippen LogP contribution in [0.2, 0.25) is 0 Å². The number of pyridine rings is 1. The average Bonchev–Trinajstić information content (AvgIpc) is 2.49. The van der Waals surface area contributed by atoms with Gasteiger partial charge in [-0.1, -0.05) is 6.07 Å². The number of ether oxygens (including phenoxy) is 1. The number of halogens is 1. The van der Waals surface area contributed by atoms with Gasteiger partial charge in [0.25, 0.3) is 0 Å². The highest BCUT2D eigenvalue weighted by molar-refractivity contribution is 9.10. The molecular formula is C16H10BrNO3. The number of carboxylic acid groups (broad SMARTS) is 1. The van der Waals surface area contributed by atoms with Gasteiger partial charge in [-0.15, -0.1) is 0 Å². The molecule has 0 bridgehead atoms. The number of rotatable bonds is 3. The quantitative estimate of drug-likeness (QED) is 0.761. The fraction of sp³-hybridized carbons (Fsp3) is 0. The number of hydrogen-bond acceptors (Lipinski definition) is 3. The predicted molar refractivity (Wildman–Crippen MR) is 82.9 cm³/mol. The third-order valence-corrected chi connectivity index (χ3v) is 3.62. The van der Waals surface area contributed by atoms with Gasteiger partial charge in [0.05, 0.1) is 15.6 Å². The van der Waals surface area contributed by atoms with E-state index in [9.17, 15) is 4.79 Å². The molecule has 0 saturated carbocycles. The van der Waals surface area contributed by atoms with Crippen molar-refractivity contribution in [2.24, 2.45) is 0 Å². The lowest BCUT2D eigenvalue weighted by Gasteiger charge is -2.10. The van der Waals surface area contributed by atoms with Gasteiger partial charge in [0, 0.05) is 11.6 Å². The first-order chi connectivity index (χ1) is 10.1. The fourth-order valence-corrected chi connectivity index (χ4v) is 2.46. The fourth-order valence-electron chi connectivity index (χ4n) is 2.00. The maximum atomic E-state index is 10.9. The minimum atomic E-state index is -0.975. The first-order valence-electron chi connectivity index (χ1n) is 6.19. The molecule has 0 aliphatic heterocycles. The molecule has 0 saturated heterocycles. The second kappa shape index (κ2) is 5.54. The summed E-state index contributed by atoms with van der Waals surface area (Å²) < 4.78 is 6.46. The molecule has 104 valence electrons. The number of hydrogen-bond donors (Lipinski definition) is 1. The Bertz CT molecular complexity index is 827. The van der Waals surface area contributed by atoms with E-state index in [-0.39, 0.29) is 5.56 Å². The molecule has 0 radical (unpaired) electrons. The summed E-state index contributed by atoms with van der Waals surface area (Å²) in [5, 5.41) is 9.86. The summed E-state index contributed by atoms with van der Waals surface area (Å²) in [6.07, 6.45) is 1.73. The van der Waals surface area contributed by atoms with Crippen molar-refractivity contribution in [2.45, 2.75) is 0 Å². The molecule has 0 aliphatic carbocycles. The molecule has 3 rings (SSSR count). The Kier molecular flexibility index (Phi) is 3.58. The number of aromatic nitrogens is 1. The van der Waals surface area contributed by atoms with E-state index in [1.54, 1.807) is 12.3 Å². The molecule has 1 heterocycles. The van der Waals surface area contributed by atoms with Crippen LogP contribution in [0.25, 0.3) is 10.9 Å². The first kappa shape index (κ1) is 13.6. The summed E-state index contributed by atoms with van der Waals surface area (Å²) >= 11 is 3.33. The van der Waals surface area contributed by atoms with Gasteiger partial charge in [-0.2, -0.15) is 0 Å². The van der Waals surface area contributed by atoms with Crippen LogP contribution in [0.15, 0.2) is 59.2 Å². The van der Waals surface area contributed by atoms with Gasteiger partial charge in [0.1, 0.15) is 11.5 Å². The normalized spacial score (nSPS) is 10.5. The highest BCUT2D eigenvalue weighted by atomic mass is 79.9. The van der Waals surface area contributed by atoms with E-state index in [1.165, 1.54) is 12.1 Å². The van der Waals surface area contributed by atoms with Crippen molar-refractivity contribution in [1.29, 1.82) is 0 Å². The zero-order chi connectivity index (χ0) is 14.8. The van der Waals surface area contributed by atoms with Gasteiger partial charge < -0.3 is 9.84 Å². The van der Waals surface area contributed by atoms with Crippen LogP contribution in [-0.2, 0) is 0 Å². The molecule has 0 aliphatic rings. The van der Waals surface area contributed by atoms with Gasteiger partial charge in [0.2, 0.25) is 0 Å². The van der Waals surface area contributed by atoms with Crippen LogP contribution >= 0.6 is 15.9 Å². The molecule has 0 spiro atoms. The molecule has 4 nitrogen and oxygen atoms in total. The van der Waals surface area contributed by atoms with E-state index >= 15 is 0 Å². The number of carbonyl (C=O) groups is 1. The van der Waals surface area contributed by atoms with Crippen molar-refractivity contribution < 1.29 is 14.6 Å². The van der Waals surface area contributed by atoms with Crippen LogP contribution < -0.4 is 4.74 Å². The summed E-state index contributed by atoms with van der Waals surface area (Å²) in [7, 11) is 0. The molecule has 0 amide bonds. The van der Waals surface area contributed by atoms with Crippen LogP contribution in [0.4, 0.5) is 0 Å². The van der Waals surface area contributed by atoms with Crippen molar-refractivity contribution in [1.82, 2.24) is 4.98 Å². The topological polar surface area (TPSA) is 59.4 Å². The van der Waals surface area contributed by atoms with Gasteiger partial charge in [-0.25, -0.2) is 4.79 Å². The Hall–Kier alpha value is -2.40. The Morgan fingerprint density at radius 3 is 2.71 bits per heavy atom. The van der Waals surface area contributed by atoms with Gasteiger partial charge in [0.15, 0.2) is 0 Å². The third kappa shape index (κ3) is 2.73. The van der Waals surface area contributed by atoms with Crippen LogP contribution in [0.5, 0.6) is 11.5 Å². The second-order valence-corrected chi connectivity index (χ2v) is 5.23. The van der Waals surface area contributed by atoms with Crippen LogP contribution in [0.3, 0.4) is 0 Å². The van der Waals surface area contributed by atoms with Gasteiger partial charge >= 0.3 is 5.97 Å². The van der Waals surface area contributed by atoms with Crippen molar-refractivity contribution in [3.63, 3.8) is 0 Å². The van der Waals surface area contributed by atoms with E-state index in [2.05, 4.69) is 20.9 Å². The Morgan fingerprint density at radius 1 is 1.10 bits per heavy atom. The van der Waals surface area contributed by atoms with Crippen molar-refractivity contribution >= 4 is 32.8 Å². The van der Waals surface area contributed by atoms with Crippen LogP contribution in [-0.4, -0.2) is 16.1 Å². The highest BCUT2D eigenvalue weighted by Gasteiger charge is 2.10. The lowest BCUT2D eigenvalue weighted by molar-refractivity contribution is 0.0697.